The second kappa shape index (κ2) is 8.05. The summed E-state index contributed by atoms with van der Waals surface area (Å²) in [6.45, 7) is -1.45. The number of carboxylic acids is 1. The number of carbonyl (C=O) groups excluding carboxylic acids is 1. The van der Waals surface area contributed by atoms with Gasteiger partial charge in [0.1, 0.15) is 0 Å². The van der Waals surface area contributed by atoms with Gasteiger partial charge in [0.05, 0.1) is 6.42 Å². The lowest BCUT2D eigenvalue weighted by atomic mass is 10.2. The zero-order valence-corrected chi connectivity index (χ0v) is 11.3. The van der Waals surface area contributed by atoms with Gasteiger partial charge in [0.25, 0.3) is 0 Å². The summed E-state index contributed by atoms with van der Waals surface area (Å²) >= 11 is 0. The van der Waals surface area contributed by atoms with Crippen LogP contribution in [0.1, 0.15) is 12.0 Å². The minimum Gasteiger partial charge on any atom is -0.481 e. The summed E-state index contributed by atoms with van der Waals surface area (Å²) < 4.78 is 40.5. The molecule has 1 aromatic heterocycles. The molecule has 1 rings (SSSR count). The second-order valence-corrected chi connectivity index (χ2v) is 4.16. The molecule has 0 atom stereocenters. The molecule has 0 spiro atoms. The Balaban J connectivity index is 2.39. The van der Waals surface area contributed by atoms with Gasteiger partial charge in [-0.3, -0.25) is 4.79 Å². The van der Waals surface area contributed by atoms with E-state index >= 15 is 0 Å². The number of aliphatic carboxylic acids is 1. The van der Waals surface area contributed by atoms with Crippen molar-refractivity contribution in [1.82, 2.24) is 15.6 Å². The molecular formula is C12H14F3N3O4. The molecule has 22 heavy (non-hydrogen) atoms. The topological polar surface area (TPSA) is 101 Å². The maximum Gasteiger partial charge on any atom is 0.422 e. The van der Waals surface area contributed by atoms with E-state index in [4.69, 9.17) is 5.11 Å². The smallest absolute Gasteiger partial charge is 0.422 e. The summed E-state index contributed by atoms with van der Waals surface area (Å²) in [6.07, 6.45) is -3.41. The Morgan fingerprint density at radius 2 is 2.05 bits per heavy atom. The molecular weight excluding hydrogens is 307 g/mol. The van der Waals surface area contributed by atoms with Gasteiger partial charge in [-0.2, -0.15) is 13.2 Å². The van der Waals surface area contributed by atoms with E-state index in [-0.39, 0.29) is 25.4 Å². The quantitative estimate of drug-likeness (QED) is 0.703. The lowest BCUT2D eigenvalue weighted by Crippen LogP contribution is -2.36. The largest absolute Gasteiger partial charge is 0.481 e. The molecule has 7 nitrogen and oxygen atoms in total. The van der Waals surface area contributed by atoms with E-state index in [0.29, 0.717) is 5.56 Å². The highest BCUT2D eigenvalue weighted by Crippen LogP contribution is 2.17. The van der Waals surface area contributed by atoms with Gasteiger partial charge in [0, 0.05) is 25.4 Å². The molecule has 0 radical (unpaired) electrons. The van der Waals surface area contributed by atoms with Crippen molar-refractivity contribution < 1.29 is 32.6 Å². The molecule has 0 aromatic carbocycles. The SMILES string of the molecule is O=C(O)CCNC(=O)NCc1ccnc(OCC(F)(F)F)c1. The van der Waals surface area contributed by atoms with Crippen LogP contribution in [0.4, 0.5) is 18.0 Å². The first-order chi connectivity index (χ1) is 10.3. The number of alkyl halides is 3. The molecule has 1 aromatic rings. The van der Waals surface area contributed by atoms with Gasteiger partial charge in [0.2, 0.25) is 5.88 Å². The van der Waals surface area contributed by atoms with E-state index in [0.717, 1.165) is 0 Å². The van der Waals surface area contributed by atoms with E-state index in [2.05, 4.69) is 20.4 Å². The van der Waals surface area contributed by atoms with Crippen LogP contribution in [0, 0.1) is 0 Å². The van der Waals surface area contributed by atoms with Gasteiger partial charge in [-0.15, -0.1) is 0 Å². The number of urea groups is 1. The molecule has 122 valence electrons. The molecule has 3 N–H and O–H groups in total. The molecule has 0 saturated carbocycles. The maximum absolute atomic E-state index is 12.0. The van der Waals surface area contributed by atoms with Crippen LogP contribution in [-0.2, 0) is 11.3 Å². The average molecular weight is 321 g/mol. The van der Waals surface area contributed by atoms with Crippen molar-refractivity contribution in [2.75, 3.05) is 13.2 Å². The Hall–Kier alpha value is -2.52. The minimum atomic E-state index is -4.46. The zero-order chi connectivity index (χ0) is 16.6. The van der Waals surface area contributed by atoms with E-state index in [1.807, 2.05) is 0 Å². The number of hydrogen-bond donors (Lipinski definition) is 3. The molecule has 0 fully saturated rings. The fourth-order valence-corrected chi connectivity index (χ4v) is 1.32. The van der Waals surface area contributed by atoms with E-state index < -0.39 is 24.8 Å². The third-order valence-electron chi connectivity index (χ3n) is 2.26. The van der Waals surface area contributed by atoms with Crippen LogP contribution in [0.3, 0.4) is 0 Å². The summed E-state index contributed by atoms with van der Waals surface area (Å²) in [4.78, 5) is 25.2. The lowest BCUT2D eigenvalue weighted by Gasteiger charge is -2.10. The van der Waals surface area contributed by atoms with Crippen molar-refractivity contribution in [1.29, 1.82) is 0 Å². The number of rotatable bonds is 7. The number of carboxylic acid groups (broad SMARTS) is 1. The predicted octanol–water partition coefficient (Wildman–Crippen LogP) is 1.30. The van der Waals surface area contributed by atoms with Crippen LogP contribution in [0.5, 0.6) is 5.88 Å². The third kappa shape index (κ3) is 7.92. The Kier molecular flexibility index (Phi) is 6.42. The molecule has 0 saturated heterocycles. The number of nitrogens with zero attached hydrogens (tertiary/aromatic N) is 1. The standard InChI is InChI=1S/C12H14F3N3O4/c13-12(14,15)7-22-9-5-8(1-3-16-9)6-18-11(21)17-4-2-10(19)20/h1,3,5H,2,4,6-7H2,(H,19,20)(H2,17,18,21). The fourth-order valence-electron chi connectivity index (χ4n) is 1.32. The monoisotopic (exact) mass is 321 g/mol. The van der Waals surface area contributed by atoms with Crippen molar-refractivity contribution in [3.05, 3.63) is 23.9 Å². The highest BCUT2D eigenvalue weighted by molar-refractivity contribution is 5.74. The average Bonchev–Trinajstić information content (AvgIpc) is 2.42. The Morgan fingerprint density at radius 1 is 1.32 bits per heavy atom. The molecule has 0 unspecified atom stereocenters. The highest BCUT2D eigenvalue weighted by atomic mass is 19.4. The van der Waals surface area contributed by atoms with Gasteiger partial charge < -0.3 is 20.5 Å². The number of aromatic nitrogens is 1. The molecule has 0 aliphatic rings. The lowest BCUT2D eigenvalue weighted by molar-refractivity contribution is -0.154. The van der Waals surface area contributed by atoms with E-state index in [9.17, 15) is 22.8 Å². The molecule has 0 aliphatic heterocycles. The van der Waals surface area contributed by atoms with Crippen molar-refractivity contribution >= 4 is 12.0 Å². The Labute approximate surface area is 123 Å². The summed E-state index contributed by atoms with van der Waals surface area (Å²) in [7, 11) is 0. The van der Waals surface area contributed by atoms with Gasteiger partial charge in [0.15, 0.2) is 6.61 Å². The second-order valence-electron chi connectivity index (χ2n) is 4.16. The first-order valence-electron chi connectivity index (χ1n) is 6.14. The van der Waals surface area contributed by atoms with Gasteiger partial charge in [-0.25, -0.2) is 9.78 Å². The number of amides is 2. The van der Waals surface area contributed by atoms with Gasteiger partial charge >= 0.3 is 18.2 Å². The summed E-state index contributed by atoms with van der Waals surface area (Å²) in [5, 5.41) is 13.1. The summed E-state index contributed by atoms with van der Waals surface area (Å²) in [6, 6.07) is 2.18. The van der Waals surface area contributed by atoms with E-state index in [1.165, 1.54) is 18.3 Å². The minimum absolute atomic E-state index is 0.0303. The Morgan fingerprint density at radius 3 is 2.68 bits per heavy atom. The van der Waals surface area contributed by atoms with Crippen LogP contribution in [0.25, 0.3) is 0 Å². The number of ether oxygens (including phenoxy) is 1. The van der Waals surface area contributed by atoms with Crippen molar-refractivity contribution in [2.45, 2.75) is 19.1 Å². The zero-order valence-electron chi connectivity index (χ0n) is 11.3. The fraction of sp³-hybridized carbons (Fsp3) is 0.417. The molecule has 0 aliphatic carbocycles. The van der Waals surface area contributed by atoms with Crippen LogP contribution in [0.15, 0.2) is 18.3 Å². The molecule has 0 bridgehead atoms. The van der Waals surface area contributed by atoms with Crippen LogP contribution in [-0.4, -0.2) is 41.4 Å². The van der Waals surface area contributed by atoms with Gasteiger partial charge in [-0.05, 0) is 11.6 Å². The van der Waals surface area contributed by atoms with Gasteiger partial charge in [-0.1, -0.05) is 0 Å². The van der Waals surface area contributed by atoms with E-state index in [1.54, 1.807) is 0 Å². The van der Waals surface area contributed by atoms with Crippen LogP contribution < -0.4 is 15.4 Å². The number of halogens is 3. The summed E-state index contributed by atoms with van der Waals surface area (Å²) in [5.41, 5.74) is 0.487. The first-order valence-corrected chi connectivity index (χ1v) is 6.14. The molecule has 2 amide bonds. The van der Waals surface area contributed by atoms with Crippen molar-refractivity contribution in [3.8, 4) is 5.88 Å². The maximum atomic E-state index is 12.0. The third-order valence-corrected chi connectivity index (χ3v) is 2.26. The number of nitrogens with one attached hydrogen (secondary N) is 2. The Bertz CT molecular complexity index is 523. The van der Waals surface area contributed by atoms with Crippen molar-refractivity contribution in [2.24, 2.45) is 0 Å². The molecule has 10 heteroatoms. The van der Waals surface area contributed by atoms with Crippen LogP contribution >= 0.6 is 0 Å². The molecule has 1 heterocycles. The number of pyridine rings is 1. The van der Waals surface area contributed by atoms with Crippen LogP contribution in [0.2, 0.25) is 0 Å². The van der Waals surface area contributed by atoms with Crippen molar-refractivity contribution in [3.63, 3.8) is 0 Å². The highest BCUT2D eigenvalue weighted by Gasteiger charge is 2.28. The predicted molar refractivity (Wildman–Crippen MR) is 68.3 cm³/mol. The summed E-state index contributed by atoms with van der Waals surface area (Å²) in [5.74, 6) is -1.25. The normalized spacial score (nSPS) is 10.9. The number of carbonyl (C=O) groups is 2. The first kappa shape index (κ1) is 17.5. The number of hydrogen-bond acceptors (Lipinski definition) is 4.